The summed E-state index contributed by atoms with van der Waals surface area (Å²) in [5.74, 6) is 0.803. The van der Waals surface area contributed by atoms with Crippen LogP contribution in [0.4, 0.5) is 0 Å². The highest BCUT2D eigenvalue weighted by Crippen LogP contribution is 2.31. The molecule has 2 rings (SSSR count). The number of rotatable bonds is 6. The molecule has 6 nitrogen and oxygen atoms in total. The van der Waals surface area contributed by atoms with Crippen molar-refractivity contribution < 1.29 is 4.74 Å². The van der Waals surface area contributed by atoms with Gasteiger partial charge in [0.25, 0.3) is 0 Å². The van der Waals surface area contributed by atoms with Crippen molar-refractivity contribution in [2.45, 2.75) is 32.9 Å². The third kappa shape index (κ3) is 2.43. The summed E-state index contributed by atoms with van der Waals surface area (Å²) in [6, 6.07) is 0.0241. The van der Waals surface area contributed by atoms with Crippen LogP contribution in [0.15, 0.2) is 12.4 Å². The zero-order chi connectivity index (χ0) is 14.7. The monoisotopic (exact) mass is 277 g/mol. The summed E-state index contributed by atoms with van der Waals surface area (Å²) in [5.41, 5.74) is 3.31. The minimum absolute atomic E-state index is 0.0241. The van der Waals surface area contributed by atoms with E-state index in [0.717, 1.165) is 30.1 Å². The Hall–Kier alpha value is -1.82. The molecule has 0 bridgehead atoms. The van der Waals surface area contributed by atoms with E-state index < -0.39 is 0 Å². The first-order valence-electron chi connectivity index (χ1n) is 6.95. The molecule has 0 spiro atoms. The Labute approximate surface area is 119 Å². The second-order valence-corrected chi connectivity index (χ2v) is 4.69. The van der Waals surface area contributed by atoms with Crippen molar-refractivity contribution >= 4 is 0 Å². The molecular weight excluding hydrogens is 254 g/mol. The molecule has 1 N–H and O–H groups in total. The van der Waals surface area contributed by atoms with Crippen LogP contribution in [0.1, 0.15) is 36.8 Å². The average Bonchev–Trinajstić information content (AvgIpc) is 3.03. The molecule has 0 fully saturated rings. The highest BCUT2D eigenvalue weighted by molar-refractivity contribution is 5.37. The molecule has 110 valence electrons. The smallest absolute Gasteiger partial charge is 0.161 e. The molecule has 1 unspecified atom stereocenters. The molecular formula is C14H23N5O. The molecule has 0 radical (unpaired) electrons. The van der Waals surface area contributed by atoms with E-state index >= 15 is 0 Å². The van der Waals surface area contributed by atoms with Crippen LogP contribution >= 0.6 is 0 Å². The van der Waals surface area contributed by atoms with Gasteiger partial charge in [0.15, 0.2) is 5.75 Å². The molecule has 2 aromatic heterocycles. The Morgan fingerprint density at radius 1 is 1.40 bits per heavy atom. The van der Waals surface area contributed by atoms with Crippen LogP contribution < -0.4 is 10.1 Å². The highest BCUT2D eigenvalue weighted by Gasteiger charge is 2.25. The average molecular weight is 277 g/mol. The third-order valence-corrected chi connectivity index (χ3v) is 3.51. The van der Waals surface area contributed by atoms with Crippen molar-refractivity contribution in [3.8, 4) is 5.75 Å². The van der Waals surface area contributed by atoms with Gasteiger partial charge in [0, 0.05) is 25.4 Å². The van der Waals surface area contributed by atoms with Gasteiger partial charge in [-0.15, -0.1) is 0 Å². The molecule has 0 aliphatic rings. The molecule has 0 amide bonds. The molecule has 1 atom stereocenters. The van der Waals surface area contributed by atoms with Crippen molar-refractivity contribution in [3.05, 3.63) is 29.3 Å². The maximum absolute atomic E-state index is 5.46. The molecule has 2 heterocycles. The highest BCUT2D eigenvalue weighted by atomic mass is 16.5. The zero-order valence-corrected chi connectivity index (χ0v) is 12.8. The lowest BCUT2D eigenvalue weighted by Gasteiger charge is -2.19. The normalized spacial score (nSPS) is 12.7. The first kappa shape index (κ1) is 14.6. The van der Waals surface area contributed by atoms with Crippen LogP contribution in [0.5, 0.6) is 5.75 Å². The van der Waals surface area contributed by atoms with Gasteiger partial charge in [0.05, 0.1) is 25.0 Å². The largest absolute Gasteiger partial charge is 0.493 e. The number of ether oxygens (including phenoxy) is 1. The van der Waals surface area contributed by atoms with Gasteiger partial charge in [0.2, 0.25) is 0 Å². The predicted octanol–water partition coefficient (Wildman–Crippen LogP) is 1.52. The molecule has 6 heteroatoms. The summed E-state index contributed by atoms with van der Waals surface area (Å²) in [6.07, 6.45) is 4.73. The molecule has 0 saturated heterocycles. The first-order valence-corrected chi connectivity index (χ1v) is 6.95. The Kier molecular flexibility index (Phi) is 4.44. The van der Waals surface area contributed by atoms with Crippen LogP contribution in [-0.4, -0.2) is 33.7 Å². The van der Waals surface area contributed by atoms with Gasteiger partial charge in [-0.25, -0.2) is 0 Å². The second kappa shape index (κ2) is 6.09. The summed E-state index contributed by atoms with van der Waals surface area (Å²) >= 11 is 0. The maximum atomic E-state index is 5.46. The Bertz CT molecular complexity index is 551. The van der Waals surface area contributed by atoms with Crippen LogP contribution in [0.3, 0.4) is 0 Å². The van der Waals surface area contributed by atoms with Crippen molar-refractivity contribution in [2.24, 2.45) is 7.05 Å². The standard InChI is InChI=1S/C14H23N5O/c1-6-11-10(9-18(4)17-11)13(15-3)14-12(20-5)8-16-19(14)7-2/h8-9,13,15H,6-7H2,1-5H3. The fraction of sp³-hybridized carbons (Fsp3) is 0.571. The van der Waals surface area contributed by atoms with Gasteiger partial charge in [-0.1, -0.05) is 6.92 Å². The molecule has 2 aromatic rings. The van der Waals surface area contributed by atoms with Gasteiger partial charge < -0.3 is 10.1 Å². The van der Waals surface area contributed by atoms with Crippen molar-refractivity contribution in [1.82, 2.24) is 24.9 Å². The second-order valence-electron chi connectivity index (χ2n) is 4.69. The fourth-order valence-corrected chi connectivity index (χ4v) is 2.59. The summed E-state index contributed by atoms with van der Waals surface area (Å²) in [5, 5.41) is 12.3. The molecule has 0 aromatic carbocycles. The third-order valence-electron chi connectivity index (χ3n) is 3.51. The summed E-state index contributed by atoms with van der Waals surface area (Å²) in [7, 11) is 5.57. The number of hydrogen-bond acceptors (Lipinski definition) is 4. The van der Waals surface area contributed by atoms with E-state index in [1.807, 2.05) is 23.5 Å². The summed E-state index contributed by atoms with van der Waals surface area (Å²) in [4.78, 5) is 0. The SMILES string of the molecule is CCc1nn(C)cc1C(NC)c1c(OC)cnn1CC. The topological polar surface area (TPSA) is 56.9 Å². The fourth-order valence-electron chi connectivity index (χ4n) is 2.59. The van der Waals surface area contributed by atoms with E-state index in [1.165, 1.54) is 5.56 Å². The van der Waals surface area contributed by atoms with E-state index in [2.05, 4.69) is 35.6 Å². The summed E-state index contributed by atoms with van der Waals surface area (Å²) in [6.45, 7) is 5.00. The number of hydrogen-bond donors (Lipinski definition) is 1. The van der Waals surface area contributed by atoms with E-state index in [1.54, 1.807) is 13.3 Å². The number of nitrogens with zero attached hydrogens (tertiary/aromatic N) is 4. The lowest BCUT2D eigenvalue weighted by molar-refractivity contribution is 0.401. The van der Waals surface area contributed by atoms with Crippen molar-refractivity contribution in [3.63, 3.8) is 0 Å². The van der Waals surface area contributed by atoms with Gasteiger partial charge in [-0.3, -0.25) is 9.36 Å². The van der Waals surface area contributed by atoms with Gasteiger partial charge in [-0.2, -0.15) is 10.2 Å². The van der Waals surface area contributed by atoms with Gasteiger partial charge in [-0.05, 0) is 20.4 Å². The van der Waals surface area contributed by atoms with Gasteiger partial charge in [0.1, 0.15) is 5.69 Å². The zero-order valence-electron chi connectivity index (χ0n) is 12.8. The number of methoxy groups -OCH3 is 1. The summed E-state index contributed by atoms with van der Waals surface area (Å²) < 4.78 is 9.29. The molecule has 0 aliphatic heterocycles. The van der Waals surface area contributed by atoms with Crippen molar-refractivity contribution in [1.29, 1.82) is 0 Å². The number of aryl methyl sites for hydroxylation is 3. The Balaban J connectivity index is 2.54. The minimum Gasteiger partial charge on any atom is -0.493 e. The van der Waals surface area contributed by atoms with Crippen molar-refractivity contribution in [2.75, 3.05) is 14.2 Å². The maximum Gasteiger partial charge on any atom is 0.161 e. The van der Waals surface area contributed by atoms with Crippen LogP contribution in [0.2, 0.25) is 0 Å². The van der Waals surface area contributed by atoms with E-state index in [0.29, 0.717) is 0 Å². The minimum atomic E-state index is 0.0241. The first-order chi connectivity index (χ1) is 9.65. The van der Waals surface area contributed by atoms with E-state index in [9.17, 15) is 0 Å². The molecule has 0 aliphatic carbocycles. The van der Waals surface area contributed by atoms with Crippen LogP contribution in [0.25, 0.3) is 0 Å². The Morgan fingerprint density at radius 2 is 2.15 bits per heavy atom. The van der Waals surface area contributed by atoms with Gasteiger partial charge >= 0.3 is 0 Å². The van der Waals surface area contributed by atoms with Crippen LogP contribution in [0, 0.1) is 0 Å². The molecule has 0 saturated carbocycles. The Morgan fingerprint density at radius 3 is 2.70 bits per heavy atom. The molecule has 20 heavy (non-hydrogen) atoms. The lowest BCUT2D eigenvalue weighted by atomic mass is 10.0. The van der Waals surface area contributed by atoms with E-state index in [-0.39, 0.29) is 6.04 Å². The lowest BCUT2D eigenvalue weighted by Crippen LogP contribution is -2.22. The van der Waals surface area contributed by atoms with E-state index in [4.69, 9.17) is 4.74 Å². The number of nitrogens with one attached hydrogen (secondary N) is 1. The number of aromatic nitrogens is 4. The predicted molar refractivity (Wildman–Crippen MR) is 77.9 cm³/mol. The van der Waals surface area contributed by atoms with Crippen LogP contribution in [-0.2, 0) is 20.0 Å². The quantitative estimate of drug-likeness (QED) is 0.869.